The van der Waals surface area contributed by atoms with E-state index in [0.717, 1.165) is 26.2 Å². The molecular weight excluding hydrogens is 504 g/mol. The number of nitrogens with zero attached hydrogens (tertiary/aromatic N) is 4. The summed E-state index contributed by atoms with van der Waals surface area (Å²) in [6.45, 7) is 3.38. The average Bonchev–Trinajstić information content (AvgIpc) is 3.14. The second-order valence-corrected chi connectivity index (χ2v) is 9.44. The van der Waals surface area contributed by atoms with Crippen LogP contribution in [-0.2, 0) is 4.79 Å². The van der Waals surface area contributed by atoms with Gasteiger partial charge in [-0.3, -0.25) is 9.69 Å². The summed E-state index contributed by atoms with van der Waals surface area (Å²) in [4.78, 5) is 34.1. The maximum atomic E-state index is 15.5. The summed E-state index contributed by atoms with van der Waals surface area (Å²) in [6, 6.07) is 6.64. The maximum absolute atomic E-state index is 15.5. The number of carbonyl (C=O) groups is 2. The zero-order valence-electron chi connectivity index (χ0n) is 19.1. The van der Waals surface area contributed by atoms with Gasteiger partial charge >= 0.3 is 6.09 Å². The van der Waals surface area contributed by atoms with Gasteiger partial charge in [-0.05, 0) is 43.1 Å². The fourth-order valence-electron chi connectivity index (χ4n) is 4.35. The van der Waals surface area contributed by atoms with Crippen molar-refractivity contribution < 1.29 is 19.1 Å². The largest absolute Gasteiger partial charge is 0.465 e. The first-order valence-electron chi connectivity index (χ1n) is 10.7. The van der Waals surface area contributed by atoms with Crippen molar-refractivity contribution in [3.63, 3.8) is 0 Å². The molecule has 3 heterocycles. The van der Waals surface area contributed by atoms with Crippen molar-refractivity contribution in [3.8, 4) is 0 Å². The molecule has 2 saturated heterocycles. The highest BCUT2D eigenvalue weighted by molar-refractivity contribution is 8.18. The predicted molar refractivity (Wildman–Crippen MR) is 138 cm³/mol. The minimum atomic E-state index is -1.60. The Morgan fingerprint density at radius 2 is 1.94 bits per heavy atom. The molecule has 3 aliphatic heterocycles. The van der Waals surface area contributed by atoms with Crippen LogP contribution in [0.25, 0.3) is 6.08 Å². The van der Waals surface area contributed by atoms with E-state index in [1.54, 1.807) is 20.2 Å². The van der Waals surface area contributed by atoms with Gasteiger partial charge in [-0.1, -0.05) is 24.3 Å². The maximum Gasteiger partial charge on any atom is 0.407 e. The Morgan fingerprint density at radius 3 is 2.59 bits per heavy atom. The molecule has 0 aliphatic carbocycles. The van der Waals surface area contributed by atoms with Gasteiger partial charge in [0.05, 0.1) is 10.9 Å². The molecule has 2 unspecified atom stereocenters. The molecule has 2 N–H and O–H groups in total. The second kappa shape index (κ2) is 11.7. The Kier molecular flexibility index (Phi) is 9.79. The van der Waals surface area contributed by atoms with E-state index in [4.69, 9.17) is 0 Å². The zero-order valence-corrected chi connectivity index (χ0v) is 21.5. The number of halogens is 3. The van der Waals surface area contributed by atoms with E-state index in [2.05, 4.69) is 15.2 Å². The monoisotopic (exact) mass is 533 g/mol. The van der Waals surface area contributed by atoms with Gasteiger partial charge in [0.25, 0.3) is 5.91 Å². The van der Waals surface area contributed by atoms with Crippen LogP contribution in [0.1, 0.15) is 30.0 Å². The van der Waals surface area contributed by atoms with Gasteiger partial charge in [-0.25, -0.2) is 9.18 Å². The molecule has 3 aliphatic rings. The first kappa shape index (κ1) is 28.4. The number of alkyl halides is 1. The number of piperidine rings is 1. The van der Waals surface area contributed by atoms with Crippen LogP contribution in [0.5, 0.6) is 0 Å². The number of carbonyl (C=O) groups excluding carboxylic acids is 1. The summed E-state index contributed by atoms with van der Waals surface area (Å²) in [7, 11) is 3.34. The van der Waals surface area contributed by atoms with Gasteiger partial charge < -0.3 is 20.2 Å². The van der Waals surface area contributed by atoms with E-state index in [1.165, 1.54) is 21.6 Å². The highest BCUT2D eigenvalue weighted by atomic mass is 35.5. The Balaban J connectivity index is 0.00000204. The van der Waals surface area contributed by atoms with Crippen LogP contribution in [0, 0.1) is 0 Å². The molecule has 12 heteroatoms. The number of hydrogen-bond acceptors (Lipinski definition) is 6. The zero-order chi connectivity index (χ0) is 22.9. The third kappa shape index (κ3) is 5.85. The molecule has 0 radical (unpaired) electrons. The van der Waals surface area contributed by atoms with Crippen LogP contribution in [-0.4, -0.2) is 89.6 Å². The highest BCUT2D eigenvalue weighted by Crippen LogP contribution is 2.42. The number of benzene rings is 1. The Labute approximate surface area is 215 Å². The lowest BCUT2D eigenvalue weighted by atomic mass is 9.87. The van der Waals surface area contributed by atoms with Crippen LogP contribution in [0.4, 0.5) is 9.18 Å². The average molecular weight is 534 g/mol. The smallest absolute Gasteiger partial charge is 0.407 e. The summed E-state index contributed by atoms with van der Waals surface area (Å²) < 4.78 is 15.5. The molecule has 1 aromatic carbocycles. The summed E-state index contributed by atoms with van der Waals surface area (Å²) >= 11 is 1.33. The number of rotatable bonds is 3. The molecule has 2 atom stereocenters. The lowest BCUT2D eigenvalue weighted by molar-refractivity contribution is -0.113. The van der Waals surface area contributed by atoms with Gasteiger partial charge in [-0.2, -0.15) is 4.99 Å². The number of amides is 2. The van der Waals surface area contributed by atoms with Crippen LogP contribution in [0.15, 0.2) is 34.2 Å². The standard InChI is InChI=1S/C22H28FN5O3S.2ClH/c1-26(2)22(23)7-10-28(21(30)31)17(14-22)16-6-4-3-5-15(16)13-18-19(29)25-20(32-18)27-11-8-24-9-12-27;;/h3-6,13,17,24H,7-12,14H2,1-2H3,(H,30,31);2*1H/b18-13-;;. The predicted octanol–water partition coefficient (Wildman–Crippen LogP) is 3.45. The Hall–Kier alpha value is -1.85. The van der Waals surface area contributed by atoms with Crippen molar-refractivity contribution >= 4 is 59.8 Å². The van der Waals surface area contributed by atoms with Gasteiger partial charge in [0.15, 0.2) is 11.0 Å². The van der Waals surface area contributed by atoms with Crippen molar-refractivity contribution in [1.82, 2.24) is 20.0 Å². The number of thioether (sulfide) groups is 1. The van der Waals surface area contributed by atoms with E-state index in [9.17, 15) is 14.7 Å². The number of piperazine rings is 1. The second-order valence-electron chi connectivity index (χ2n) is 8.43. The lowest BCUT2D eigenvalue weighted by Crippen LogP contribution is -2.52. The van der Waals surface area contributed by atoms with E-state index >= 15 is 4.39 Å². The fraction of sp³-hybridized carbons (Fsp3) is 0.500. The van der Waals surface area contributed by atoms with Crippen molar-refractivity contribution in [1.29, 1.82) is 0 Å². The van der Waals surface area contributed by atoms with Gasteiger partial charge in [0.1, 0.15) is 0 Å². The van der Waals surface area contributed by atoms with E-state index in [-0.39, 0.29) is 50.1 Å². The molecule has 2 amide bonds. The SMILES string of the molecule is CN(C)C1(F)CCN(C(=O)O)C(c2ccccc2/C=C2\SC(N3CCNCC3)=NC2=O)C1.Cl.Cl. The van der Waals surface area contributed by atoms with Crippen molar-refractivity contribution in [2.45, 2.75) is 24.7 Å². The van der Waals surface area contributed by atoms with E-state index in [1.807, 2.05) is 24.3 Å². The number of aliphatic imine (C=N–C) groups is 1. The summed E-state index contributed by atoms with van der Waals surface area (Å²) in [5.41, 5.74) is 1.40. The minimum absolute atomic E-state index is 0. The van der Waals surface area contributed by atoms with Gasteiger partial charge in [0.2, 0.25) is 0 Å². The van der Waals surface area contributed by atoms with Crippen molar-refractivity contribution in [3.05, 3.63) is 40.3 Å². The number of carboxylic acid groups (broad SMARTS) is 1. The Bertz CT molecular complexity index is 974. The molecule has 188 valence electrons. The number of hydrogen-bond donors (Lipinski definition) is 2. The quantitative estimate of drug-likeness (QED) is 0.454. The first-order chi connectivity index (χ1) is 15.3. The van der Waals surface area contributed by atoms with Crippen molar-refractivity contribution in [2.24, 2.45) is 4.99 Å². The summed E-state index contributed by atoms with van der Waals surface area (Å²) in [6.07, 6.45) is 0.817. The molecule has 0 spiro atoms. The Morgan fingerprint density at radius 1 is 1.26 bits per heavy atom. The molecule has 8 nitrogen and oxygen atoms in total. The van der Waals surface area contributed by atoms with Crippen LogP contribution in [0.2, 0.25) is 0 Å². The van der Waals surface area contributed by atoms with Crippen molar-refractivity contribution in [2.75, 3.05) is 46.8 Å². The third-order valence-electron chi connectivity index (χ3n) is 6.30. The molecular formula is C22H30Cl2FN5O3S. The topological polar surface area (TPSA) is 88.5 Å². The number of likely N-dealkylation sites (tertiary alicyclic amines) is 1. The molecule has 0 aromatic heterocycles. The molecule has 34 heavy (non-hydrogen) atoms. The van der Waals surface area contributed by atoms with E-state index in [0.29, 0.717) is 21.2 Å². The van der Waals surface area contributed by atoms with Crippen LogP contribution >= 0.6 is 36.6 Å². The van der Waals surface area contributed by atoms with E-state index < -0.39 is 17.9 Å². The lowest BCUT2D eigenvalue weighted by Gasteiger charge is -2.44. The molecule has 2 fully saturated rings. The van der Waals surface area contributed by atoms with Gasteiger partial charge in [-0.15, -0.1) is 24.8 Å². The summed E-state index contributed by atoms with van der Waals surface area (Å²) in [5, 5.41) is 13.7. The fourth-order valence-corrected chi connectivity index (χ4v) is 5.30. The third-order valence-corrected chi connectivity index (χ3v) is 7.35. The molecule has 4 rings (SSSR count). The van der Waals surface area contributed by atoms with Gasteiger partial charge in [0, 0.05) is 45.6 Å². The summed E-state index contributed by atoms with van der Waals surface area (Å²) in [5.74, 6) is -1.90. The van der Waals surface area contributed by atoms with Crippen LogP contribution < -0.4 is 5.32 Å². The minimum Gasteiger partial charge on any atom is -0.465 e. The molecule has 1 aromatic rings. The molecule has 0 bridgehead atoms. The van der Waals surface area contributed by atoms with Crippen LogP contribution in [0.3, 0.4) is 0 Å². The normalized spacial score (nSPS) is 26.2. The number of amidine groups is 1. The highest BCUT2D eigenvalue weighted by Gasteiger charge is 2.44. The number of nitrogens with one attached hydrogen (secondary N) is 1. The first-order valence-corrected chi connectivity index (χ1v) is 11.5. The molecule has 0 saturated carbocycles.